The molecule has 0 saturated heterocycles. The number of aryl methyl sites for hydroxylation is 1. The molecule has 3 rings (SSSR count). The normalized spacial score (nSPS) is 12.0. The largest absolute Gasteiger partial charge is 0.484 e. The topological polar surface area (TPSA) is 40.5 Å². The highest BCUT2D eigenvalue weighted by molar-refractivity contribution is 5.88. The summed E-state index contributed by atoms with van der Waals surface area (Å²) in [5.41, 5.74) is 1.89. The first kappa shape index (κ1) is 20.7. The number of esters is 1. The quantitative estimate of drug-likeness (QED) is 0.367. The molecule has 1 aromatic heterocycles. The molecule has 0 amide bonds. The Hall–Kier alpha value is -3.01. The first-order chi connectivity index (χ1) is 13.7. The van der Waals surface area contributed by atoms with Gasteiger partial charge in [-0.25, -0.2) is 4.79 Å². The van der Waals surface area contributed by atoms with E-state index in [9.17, 15) is 4.79 Å². The van der Waals surface area contributed by atoms with E-state index in [2.05, 4.69) is 60.5 Å². The van der Waals surface area contributed by atoms with Crippen molar-refractivity contribution in [2.75, 3.05) is 0 Å². The first-order valence-corrected chi connectivity index (χ1v) is 9.91. The Bertz CT molecular complexity index is 1030. The van der Waals surface area contributed by atoms with Crippen LogP contribution in [0, 0.1) is 0 Å². The fraction of sp³-hybridized carbons (Fsp3) is 0.320. The number of ether oxygens (including phenoxy) is 2. The summed E-state index contributed by atoms with van der Waals surface area (Å²) in [5, 5.41) is 1.16. The molecule has 2 aromatic carbocycles. The molecule has 3 aromatic rings. The summed E-state index contributed by atoms with van der Waals surface area (Å²) in [6, 6.07) is 18.7. The van der Waals surface area contributed by atoms with Crippen molar-refractivity contribution >= 4 is 16.9 Å². The Morgan fingerprint density at radius 2 is 1.72 bits per heavy atom. The maximum absolute atomic E-state index is 11.7. The molecule has 4 nitrogen and oxygen atoms in total. The van der Waals surface area contributed by atoms with E-state index < -0.39 is 17.2 Å². The highest BCUT2D eigenvalue weighted by Crippen LogP contribution is 2.35. The molecule has 0 saturated carbocycles. The lowest BCUT2D eigenvalue weighted by Gasteiger charge is -2.40. The van der Waals surface area contributed by atoms with Gasteiger partial charge in [-0.1, -0.05) is 36.9 Å². The zero-order valence-electron chi connectivity index (χ0n) is 17.9. The molecule has 29 heavy (non-hydrogen) atoms. The maximum atomic E-state index is 11.7. The van der Waals surface area contributed by atoms with Crippen LogP contribution in [0.1, 0.15) is 34.6 Å². The molecule has 1 heterocycles. The molecule has 0 unspecified atom stereocenters. The lowest BCUT2D eigenvalue weighted by atomic mass is 9.89. The highest BCUT2D eigenvalue weighted by atomic mass is 16.6. The van der Waals surface area contributed by atoms with Crippen LogP contribution in [-0.4, -0.2) is 21.7 Å². The number of nitrogens with zero attached hydrogens (tertiary/aromatic N) is 1. The second-order valence-electron chi connectivity index (χ2n) is 8.11. The lowest BCUT2D eigenvalue weighted by Crippen LogP contribution is -2.52. The molecule has 0 aliphatic carbocycles. The third-order valence-corrected chi connectivity index (χ3v) is 5.61. The van der Waals surface area contributed by atoms with Crippen molar-refractivity contribution in [2.24, 2.45) is 0 Å². The van der Waals surface area contributed by atoms with Crippen LogP contribution in [0.3, 0.4) is 0 Å². The molecule has 0 fully saturated rings. The summed E-state index contributed by atoms with van der Waals surface area (Å²) in [5.74, 6) is 0.270. The van der Waals surface area contributed by atoms with Crippen molar-refractivity contribution in [3.8, 4) is 17.0 Å². The van der Waals surface area contributed by atoms with Crippen LogP contribution in [0.15, 0.2) is 67.3 Å². The van der Waals surface area contributed by atoms with Crippen LogP contribution >= 0.6 is 0 Å². The molecule has 0 N–H and O–H groups in total. The van der Waals surface area contributed by atoms with Gasteiger partial charge in [0.25, 0.3) is 0 Å². The van der Waals surface area contributed by atoms with Gasteiger partial charge in [0.05, 0.1) is 5.52 Å². The smallest absolute Gasteiger partial charge is 0.330 e. The molecule has 0 bridgehead atoms. The van der Waals surface area contributed by atoms with Gasteiger partial charge in [-0.15, -0.1) is 0 Å². The van der Waals surface area contributed by atoms with E-state index in [1.54, 1.807) is 0 Å². The van der Waals surface area contributed by atoms with E-state index in [1.807, 2.05) is 39.8 Å². The lowest BCUT2D eigenvalue weighted by molar-refractivity contribution is -0.170. The van der Waals surface area contributed by atoms with Crippen LogP contribution in [0.5, 0.6) is 5.75 Å². The number of rotatable bonds is 7. The van der Waals surface area contributed by atoms with Gasteiger partial charge in [-0.3, -0.25) is 0 Å². The number of carbonyl (C=O) groups is 1. The zero-order chi connectivity index (χ0) is 21.2. The van der Waals surface area contributed by atoms with E-state index in [1.165, 1.54) is 17.3 Å². The van der Waals surface area contributed by atoms with Gasteiger partial charge < -0.3 is 14.0 Å². The Kier molecular flexibility index (Phi) is 5.56. The van der Waals surface area contributed by atoms with Crippen molar-refractivity contribution < 1.29 is 14.3 Å². The zero-order valence-corrected chi connectivity index (χ0v) is 17.9. The third kappa shape index (κ3) is 4.07. The monoisotopic (exact) mass is 391 g/mol. The average molecular weight is 392 g/mol. The molecule has 0 atom stereocenters. The van der Waals surface area contributed by atoms with Gasteiger partial charge in [-0.2, -0.15) is 0 Å². The van der Waals surface area contributed by atoms with Gasteiger partial charge >= 0.3 is 5.97 Å². The molecule has 0 aliphatic rings. The molecular weight excluding hydrogens is 362 g/mol. The van der Waals surface area contributed by atoms with Gasteiger partial charge in [0.1, 0.15) is 17.0 Å². The van der Waals surface area contributed by atoms with Gasteiger partial charge in [0.2, 0.25) is 0 Å². The summed E-state index contributed by atoms with van der Waals surface area (Å²) in [6.45, 7) is 14.0. The van der Waals surface area contributed by atoms with Crippen molar-refractivity contribution in [1.29, 1.82) is 0 Å². The predicted octanol–water partition coefficient (Wildman–Crippen LogP) is 5.99. The second-order valence-corrected chi connectivity index (χ2v) is 8.11. The number of aromatic nitrogens is 1. The third-order valence-electron chi connectivity index (χ3n) is 5.61. The average Bonchev–Trinajstić information content (AvgIpc) is 3.05. The summed E-state index contributed by atoms with van der Waals surface area (Å²) in [6.07, 6.45) is 1.17. The number of carbonyl (C=O) groups excluding carboxylic acids is 1. The minimum atomic E-state index is -0.838. The van der Waals surface area contributed by atoms with Crippen LogP contribution in [-0.2, 0) is 16.1 Å². The fourth-order valence-electron chi connectivity index (χ4n) is 3.32. The molecule has 152 valence electrons. The van der Waals surface area contributed by atoms with E-state index in [4.69, 9.17) is 9.47 Å². The number of hydrogen-bond donors (Lipinski definition) is 0. The van der Waals surface area contributed by atoms with Crippen molar-refractivity contribution in [1.82, 2.24) is 4.57 Å². The van der Waals surface area contributed by atoms with Crippen LogP contribution in [0.4, 0.5) is 0 Å². The first-order valence-electron chi connectivity index (χ1n) is 9.91. The van der Waals surface area contributed by atoms with Gasteiger partial charge in [0, 0.05) is 29.8 Å². The minimum Gasteiger partial charge on any atom is -0.484 e. The highest BCUT2D eigenvalue weighted by Gasteiger charge is 2.42. The van der Waals surface area contributed by atoms with Crippen LogP contribution in [0.25, 0.3) is 22.2 Å². The fourth-order valence-corrected chi connectivity index (χ4v) is 3.32. The van der Waals surface area contributed by atoms with Crippen molar-refractivity contribution in [3.63, 3.8) is 0 Å². The minimum absolute atomic E-state index is 0.463. The number of benzene rings is 2. The summed E-state index contributed by atoms with van der Waals surface area (Å²) in [4.78, 5) is 11.7. The summed E-state index contributed by atoms with van der Waals surface area (Å²) in [7, 11) is 0. The molecule has 0 aliphatic heterocycles. The SMILES string of the molecule is C=CC(=O)OC(C)(C)C(C)(C)Oc1ccc2cc(-c3ccccc3)n(CC)c2c1. The summed E-state index contributed by atoms with van der Waals surface area (Å²) >= 11 is 0. The van der Waals surface area contributed by atoms with Crippen LogP contribution < -0.4 is 4.74 Å². The van der Waals surface area contributed by atoms with Gasteiger partial charge in [0.15, 0.2) is 0 Å². The number of hydrogen-bond acceptors (Lipinski definition) is 3. The molecule has 0 spiro atoms. The predicted molar refractivity (Wildman–Crippen MR) is 118 cm³/mol. The standard InChI is InChI=1S/C25H29NO3/c1-7-23(27)29-25(5,6)24(3,4)28-20-15-14-19-16-21(18-12-10-9-11-13-18)26(8-2)22(19)17-20/h7,9-17H,1,8H2,2-6H3. The van der Waals surface area contributed by atoms with E-state index in [0.717, 1.165) is 23.2 Å². The van der Waals surface area contributed by atoms with Crippen molar-refractivity contribution in [2.45, 2.75) is 52.4 Å². The van der Waals surface area contributed by atoms with Gasteiger partial charge in [-0.05, 0) is 58.4 Å². The molecule has 4 heteroatoms. The van der Waals surface area contributed by atoms with Crippen molar-refractivity contribution in [3.05, 3.63) is 67.3 Å². The molecule has 0 radical (unpaired) electrons. The Balaban J connectivity index is 1.97. The van der Waals surface area contributed by atoms with E-state index in [-0.39, 0.29) is 0 Å². The van der Waals surface area contributed by atoms with E-state index in [0.29, 0.717) is 0 Å². The van der Waals surface area contributed by atoms with E-state index >= 15 is 0 Å². The maximum Gasteiger partial charge on any atom is 0.330 e. The van der Waals surface area contributed by atoms with Crippen LogP contribution in [0.2, 0.25) is 0 Å². The Morgan fingerprint density at radius 1 is 1.03 bits per heavy atom. The Labute approximate surface area is 172 Å². The Morgan fingerprint density at radius 3 is 2.34 bits per heavy atom. The summed E-state index contributed by atoms with van der Waals surface area (Å²) < 4.78 is 14.1. The number of fused-ring (bicyclic) bond motifs is 1. The second kappa shape index (κ2) is 7.78. The molecular formula is C25H29NO3.